The number of hydrogen-bond donors (Lipinski definition) is 2. The first kappa shape index (κ1) is 15.4. The maximum absolute atomic E-state index is 13.5. The molecule has 1 aromatic carbocycles. The van der Waals surface area contributed by atoms with Crippen LogP contribution in [0.3, 0.4) is 0 Å². The number of rotatable bonds is 6. The second-order valence-electron chi connectivity index (χ2n) is 4.18. The molecule has 0 aliphatic carbocycles. The lowest BCUT2D eigenvalue weighted by molar-refractivity contribution is -0.137. The van der Waals surface area contributed by atoms with Crippen molar-refractivity contribution in [2.24, 2.45) is 0 Å². The Kier molecular flexibility index (Phi) is 5.76. The Morgan fingerprint density at radius 2 is 2.16 bits per heavy atom. The Morgan fingerprint density at radius 1 is 1.47 bits per heavy atom. The quantitative estimate of drug-likeness (QED) is 0.845. The maximum Gasteiger partial charge on any atom is 0.305 e. The van der Waals surface area contributed by atoms with E-state index in [9.17, 15) is 14.0 Å². The number of carbonyl (C=O) groups excluding carboxylic acids is 1. The van der Waals surface area contributed by atoms with Gasteiger partial charge in [-0.3, -0.25) is 9.59 Å². The van der Waals surface area contributed by atoms with Gasteiger partial charge in [-0.25, -0.2) is 4.39 Å². The topological polar surface area (TPSA) is 66.4 Å². The van der Waals surface area contributed by atoms with Crippen molar-refractivity contribution in [3.8, 4) is 0 Å². The van der Waals surface area contributed by atoms with Gasteiger partial charge in [-0.2, -0.15) is 0 Å². The molecular weight excluding hydrogens is 273 g/mol. The van der Waals surface area contributed by atoms with Gasteiger partial charge in [-0.15, -0.1) is 0 Å². The number of carbonyl (C=O) groups is 2. The van der Waals surface area contributed by atoms with Crippen LogP contribution < -0.4 is 5.32 Å². The van der Waals surface area contributed by atoms with Crippen molar-refractivity contribution in [3.63, 3.8) is 0 Å². The lowest BCUT2D eigenvalue weighted by Gasteiger charge is -2.16. The van der Waals surface area contributed by atoms with E-state index in [1.54, 1.807) is 0 Å². The molecule has 1 unspecified atom stereocenters. The van der Waals surface area contributed by atoms with Crippen molar-refractivity contribution in [3.05, 3.63) is 34.6 Å². The molecule has 0 aliphatic heterocycles. The average Bonchev–Trinajstić information content (AvgIpc) is 2.31. The molecule has 1 rings (SSSR count). The molecule has 104 valence electrons. The molecule has 1 atom stereocenters. The predicted molar refractivity (Wildman–Crippen MR) is 69.8 cm³/mol. The van der Waals surface area contributed by atoms with Gasteiger partial charge in [-0.05, 0) is 24.6 Å². The number of benzene rings is 1. The fourth-order valence-electron chi connectivity index (χ4n) is 1.72. The molecular formula is C13H15ClFNO3. The van der Waals surface area contributed by atoms with Crippen LogP contribution in [0.4, 0.5) is 4.39 Å². The van der Waals surface area contributed by atoms with Crippen molar-refractivity contribution in [1.29, 1.82) is 0 Å². The van der Waals surface area contributed by atoms with Crippen LogP contribution in [0.1, 0.15) is 36.5 Å². The maximum atomic E-state index is 13.5. The minimum atomic E-state index is -1.01. The zero-order valence-corrected chi connectivity index (χ0v) is 11.2. The molecule has 0 aromatic heterocycles. The van der Waals surface area contributed by atoms with Crippen molar-refractivity contribution in [1.82, 2.24) is 5.32 Å². The minimum Gasteiger partial charge on any atom is -0.481 e. The fourth-order valence-corrected chi connectivity index (χ4v) is 1.89. The molecule has 0 heterocycles. The summed E-state index contributed by atoms with van der Waals surface area (Å²) in [6, 6.07) is 3.14. The van der Waals surface area contributed by atoms with E-state index in [0.717, 1.165) is 12.5 Å². The third kappa shape index (κ3) is 4.87. The van der Waals surface area contributed by atoms with Crippen LogP contribution in [0.15, 0.2) is 18.2 Å². The highest BCUT2D eigenvalue weighted by Gasteiger charge is 2.18. The summed E-state index contributed by atoms with van der Waals surface area (Å²) >= 11 is 5.70. The molecule has 0 saturated heterocycles. The molecule has 0 bridgehead atoms. The number of carboxylic acid groups (broad SMARTS) is 1. The molecule has 6 heteroatoms. The Balaban J connectivity index is 2.81. The number of hydrogen-bond acceptors (Lipinski definition) is 2. The first-order valence-electron chi connectivity index (χ1n) is 5.91. The van der Waals surface area contributed by atoms with Gasteiger partial charge in [0, 0.05) is 11.1 Å². The Morgan fingerprint density at radius 3 is 2.74 bits per heavy atom. The van der Waals surface area contributed by atoms with Gasteiger partial charge >= 0.3 is 5.97 Å². The van der Waals surface area contributed by atoms with Crippen LogP contribution in [0, 0.1) is 5.82 Å². The van der Waals surface area contributed by atoms with Crippen LogP contribution in [-0.2, 0) is 4.79 Å². The molecule has 0 radical (unpaired) electrons. The molecule has 0 spiro atoms. The van der Waals surface area contributed by atoms with Gasteiger partial charge in [0.05, 0.1) is 12.0 Å². The summed E-state index contributed by atoms with van der Waals surface area (Å²) in [7, 11) is 0. The zero-order valence-electron chi connectivity index (χ0n) is 10.5. The highest BCUT2D eigenvalue weighted by molar-refractivity contribution is 6.31. The van der Waals surface area contributed by atoms with E-state index in [1.807, 2.05) is 6.92 Å². The highest BCUT2D eigenvalue weighted by atomic mass is 35.5. The number of amides is 1. The van der Waals surface area contributed by atoms with Gasteiger partial charge in [0.1, 0.15) is 5.82 Å². The summed E-state index contributed by atoms with van der Waals surface area (Å²) in [5, 5.41) is 11.5. The molecule has 4 nitrogen and oxygen atoms in total. The van der Waals surface area contributed by atoms with Crippen molar-refractivity contribution >= 4 is 23.5 Å². The highest BCUT2D eigenvalue weighted by Crippen LogP contribution is 2.15. The van der Waals surface area contributed by atoms with Gasteiger partial charge in [0.15, 0.2) is 0 Å². The van der Waals surface area contributed by atoms with E-state index in [1.165, 1.54) is 12.1 Å². The monoisotopic (exact) mass is 287 g/mol. The lowest BCUT2D eigenvalue weighted by Crippen LogP contribution is -2.36. The van der Waals surface area contributed by atoms with E-state index >= 15 is 0 Å². The van der Waals surface area contributed by atoms with Gasteiger partial charge in [0.2, 0.25) is 0 Å². The molecule has 19 heavy (non-hydrogen) atoms. The predicted octanol–water partition coefficient (Wildman–Crippen LogP) is 2.85. The molecule has 1 aromatic rings. The van der Waals surface area contributed by atoms with Gasteiger partial charge in [-0.1, -0.05) is 24.9 Å². The van der Waals surface area contributed by atoms with Crippen molar-refractivity contribution in [2.45, 2.75) is 32.2 Å². The number of carboxylic acids is 1. The van der Waals surface area contributed by atoms with Crippen LogP contribution in [0.25, 0.3) is 0 Å². The van der Waals surface area contributed by atoms with Gasteiger partial charge in [0.25, 0.3) is 5.91 Å². The Labute approximate surface area is 115 Å². The third-order valence-electron chi connectivity index (χ3n) is 2.57. The van der Waals surface area contributed by atoms with E-state index in [-0.39, 0.29) is 17.0 Å². The summed E-state index contributed by atoms with van der Waals surface area (Å²) < 4.78 is 13.5. The van der Waals surface area contributed by atoms with E-state index in [0.29, 0.717) is 6.42 Å². The number of nitrogens with one attached hydrogen (secondary N) is 1. The summed E-state index contributed by atoms with van der Waals surface area (Å²) in [5.41, 5.74) is -0.181. The normalized spacial score (nSPS) is 11.9. The van der Waals surface area contributed by atoms with Crippen LogP contribution in [0.5, 0.6) is 0 Å². The molecule has 0 fully saturated rings. The summed E-state index contributed by atoms with van der Waals surface area (Å²) in [6.45, 7) is 1.88. The molecule has 1 amide bonds. The summed E-state index contributed by atoms with van der Waals surface area (Å²) in [5.74, 6) is -2.35. The Hall–Kier alpha value is -1.62. The minimum absolute atomic E-state index is 0.181. The molecule has 2 N–H and O–H groups in total. The standard InChI is InChI=1S/C13H15ClFNO3/c1-2-3-9(7-12(17)18)16-13(19)10-6-8(14)4-5-11(10)15/h4-6,9H,2-3,7H2,1H3,(H,16,19)(H,17,18). The average molecular weight is 288 g/mol. The fraction of sp³-hybridized carbons (Fsp3) is 0.385. The smallest absolute Gasteiger partial charge is 0.305 e. The zero-order chi connectivity index (χ0) is 14.4. The van der Waals surface area contributed by atoms with E-state index in [4.69, 9.17) is 16.7 Å². The van der Waals surface area contributed by atoms with Gasteiger partial charge < -0.3 is 10.4 Å². The SMILES string of the molecule is CCCC(CC(=O)O)NC(=O)c1cc(Cl)ccc1F. The molecule has 0 aliphatic rings. The lowest BCUT2D eigenvalue weighted by atomic mass is 10.1. The molecule has 0 saturated carbocycles. The first-order chi connectivity index (χ1) is 8.93. The summed E-state index contributed by atoms with van der Waals surface area (Å²) in [6.07, 6.45) is 1.04. The van der Waals surface area contributed by atoms with Crippen LogP contribution in [-0.4, -0.2) is 23.0 Å². The van der Waals surface area contributed by atoms with E-state index < -0.39 is 23.7 Å². The van der Waals surface area contributed by atoms with E-state index in [2.05, 4.69) is 5.32 Å². The Bertz CT molecular complexity index is 479. The van der Waals surface area contributed by atoms with Crippen LogP contribution in [0.2, 0.25) is 5.02 Å². The van der Waals surface area contributed by atoms with Crippen LogP contribution >= 0.6 is 11.6 Å². The number of aliphatic carboxylic acids is 1. The third-order valence-corrected chi connectivity index (χ3v) is 2.80. The largest absolute Gasteiger partial charge is 0.481 e. The second kappa shape index (κ2) is 7.09. The summed E-state index contributed by atoms with van der Waals surface area (Å²) in [4.78, 5) is 22.6. The second-order valence-corrected chi connectivity index (χ2v) is 4.62. The first-order valence-corrected chi connectivity index (χ1v) is 6.29. The van der Waals surface area contributed by atoms with Crippen molar-refractivity contribution < 1.29 is 19.1 Å². The van der Waals surface area contributed by atoms with Crippen molar-refractivity contribution in [2.75, 3.05) is 0 Å². The number of halogens is 2.